The highest BCUT2D eigenvalue weighted by Gasteiger charge is 2.14. The van der Waals surface area contributed by atoms with E-state index >= 15 is 0 Å². The van der Waals surface area contributed by atoms with Crippen molar-refractivity contribution in [2.45, 2.75) is 0 Å². The number of hydrogen-bond donors (Lipinski definition) is 2. The zero-order valence-corrected chi connectivity index (χ0v) is 9.10. The average Bonchev–Trinajstić information content (AvgIpc) is 2.98. The summed E-state index contributed by atoms with van der Waals surface area (Å²) in [5.41, 5.74) is 1.26. The third-order valence-electron chi connectivity index (χ3n) is 2.65. The molecule has 18 heavy (non-hydrogen) atoms. The standard InChI is InChI=1S/C12H8N2O4/c15-11-9(5-17-13-11)7-3-1-2-4-8(7)10-6-18-14-12(10)16/h1-6H,(H,13,15)(H,14,16). The topological polar surface area (TPSA) is 92.0 Å². The van der Waals surface area contributed by atoms with E-state index < -0.39 is 0 Å². The molecule has 2 aromatic heterocycles. The highest BCUT2D eigenvalue weighted by atomic mass is 16.5. The van der Waals surface area contributed by atoms with Crippen LogP contribution < -0.4 is 11.1 Å². The van der Waals surface area contributed by atoms with Crippen LogP contribution in [-0.4, -0.2) is 10.3 Å². The van der Waals surface area contributed by atoms with Gasteiger partial charge in [0.2, 0.25) is 0 Å². The molecule has 0 aliphatic carbocycles. The summed E-state index contributed by atoms with van der Waals surface area (Å²) < 4.78 is 9.51. The molecule has 0 amide bonds. The predicted molar refractivity (Wildman–Crippen MR) is 63.1 cm³/mol. The summed E-state index contributed by atoms with van der Waals surface area (Å²) in [7, 11) is 0. The molecule has 2 heterocycles. The lowest BCUT2D eigenvalue weighted by Crippen LogP contribution is -2.05. The first-order chi connectivity index (χ1) is 8.77. The first-order valence-corrected chi connectivity index (χ1v) is 5.19. The lowest BCUT2D eigenvalue weighted by Gasteiger charge is -2.02. The van der Waals surface area contributed by atoms with Gasteiger partial charge in [0, 0.05) is 0 Å². The molecular formula is C12H8N2O4. The van der Waals surface area contributed by atoms with Crippen molar-refractivity contribution in [3.05, 3.63) is 57.5 Å². The van der Waals surface area contributed by atoms with Crippen molar-refractivity contribution >= 4 is 0 Å². The second kappa shape index (κ2) is 3.92. The first-order valence-electron chi connectivity index (χ1n) is 5.19. The molecule has 3 rings (SSSR count). The minimum atomic E-state index is -0.345. The third kappa shape index (κ3) is 1.51. The molecule has 0 radical (unpaired) electrons. The molecule has 0 atom stereocenters. The van der Waals surface area contributed by atoms with Gasteiger partial charge in [0.25, 0.3) is 11.1 Å². The molecule has 0 unspecified atom stereocenters. The second-order valence-electron chi connectivity index (χ2n) is 3.71. The Labute approximate surface area is 99.8 Å². The van der Waals surface area contributed by atoms with Crippen molar-refractivity contribution in [3.8, 4) is 22.3 Å². The number of nitrogens with one attached hydrogen (secondary N) is 2. The Bertz CT molecular complexity index is 723. The minimum absolute atomic E-state index is 0.345. The Balaban J connectivity index is 2.30. The van der Waals surface area contributed by atoms with E-state index in [9.17, 15) is 9.59 Å². The maximum Gasteiger partial charge on any atom is 0.287 e. The first kappa shape index (κ1) is 10.4. The number of rotatable bonds is 2. The predicted octanol–water partition coefficient (Wildman–Crippen LogP) is 1.58. The van der Waals surface area contributed by atoms with Gasteiger partial charge >= 0.3 is 0 Å². The summed E-state index contributed by atoms with van der Waals surface area (Å²) in [5, 5.41) is 4.43. The lowest BCUT2D eigenvalue weighted by molar-refractivity contribution is 0.414. The van der Waals surface area contributed by atoms with Crippen molar-refractivity contribution < 1.29 is 9.05 Å². The number of aromatic amines is 2. The van der Waals surface area contributed by atoms with Crippen molar-refractivity contribution in [1.29, 1.82) is 0 Å². The summed E-state index contributed by atoms with van der Waals surface area (Å²) in [6.07, 6.45) is 2.63. The fraction of sp³-hybridized carbons (Fsp3) is 0. The van der Waals surface area contributed by atoms with Crippen molar-refractivity contribution in [2.24, 2.45) is 0 Å². The Morgan fingerprint density at radius 2 is 1.17 bits per heavy atom. The lowest BCUT2D eigenvalue weighted by atomic mass is 9.98. The van der Waals surface area contributed by atoms with Gasteiger partial charge in [-0.2, -0.15) is 10.3 Å². The van der Waals surface area contributed by atoms with E-state index in [1.54, 1.807) is 24.3 Å². The molecule has 1 aromatic carbocycles. The van der Waals surface area contributed by atoms with Gasteiger partial charge in [0.05, 0.1) is 11.1 Å². The van der Waals surface area contributed by atoms with Gasteiger partial charge in [-0.3, -0.25) is 9.59 Å². The van der Waals surface area contributed by atoms with Crippen LogP contribution in [0, 0.1) is 0 Å². The van der Waals surface area contributed by atoms with Crippen molar-refractivity contribution in [2.75, 3.05) is 0 Å². The number of benzene rings is 1. The maximum atomic E-state index is 11.6. The van der Waals surface area contributed by atoms with Crippen LogP contribution in [0.2, 0.25) is 0 Å². The quantitative estimate of drug-likeness (QED) is 0.715. The van der Waals surface area contributed by atoms with Crippen molar-refractivity contribution in [1.82, 2.24) is 10.3 Å². The molecule has 0 bridgehead atoms. The van der Waals surface area contributed by atoms with Crippen LogP contribution in [0.1, 0.15) is 0 Å². The van der Waals surface area contributed by atoms with Gasteiger partial charge in [0.15, 0.2) is 0 Å². The molecule has 0 aliphatic rings. The second-order valence-corrected chi connectivity index (χ2v) is 3.71. The van der Waals surface area contributed by atoms with Gasteiger partial charge in [-0.1, -0.05) is 24.3 Å². The van der Waals surface area contributed by atoms with Crippen molar-refractivity contribution in [3.63, 3.8) is 0 Å². The van der Waals surface area contributed by atoms with E-state index in [1.165, 1.54) is 12.5 Å². The SMILES string of the molecule is O=c1[nH]occ1-c1ccccc1-c1co[nH]c1=O. The summed E-state index contributed by atoms with van der Waals surface area (Å²) in [6.45, 7) is 0. The van der Waals surface area contributed by atoms with Crippen LogP contribution in [0.15, 0.2) is 55.4 Å². The largest absolute Gasteiger partial charge is 0.386 e. The van der Waals surface area contributed by atoms with Crippen LogP contribution in [0.5, 0.6) is 0 Å². The monoisotopic (exact) mass is 244 g/mol. The number of hydrogen-bond acceptors (Lipinski definition) is 4. The maximum absolute atomic E-state index is 11.6. The molecule has 3 aromatic rings. The number of aromatic nitrogens is 2. The highest BCUT2D eigenvalue weighted by molar-refractivity contribution is 5.81. The van der Waals surface area contributed by atoms with E-state index in [0.717, 1.165) is 0 Å². The van der Waals surface area contributed by atoms with Crippen LogP contribution >= 0.6 is 0 Å². The summed E-state index contributed by atoms with van der Waals surface area (Å²) >= 11 is 0. The molecule has 90 valence electrons. The normalized spacial score (nSPS) is 10.7. The van der Waals surface area contributed by atoms with Gasteiger partial charge in [-0.15, -0.1) is 0 Å². The Morgan fingerprint density at radius 3 is 1.50 bits per heavy atom. The van der Waals surface area contributed by atoms with Gasteiger partial charge in [-0.05, 0) is 11.1 Å². The minimum Gasteiger partial charge on any atom is -0.386 e. The zero-order valence-electron chi connectivity index (χ0n) is 9.10. The van der Waals surface area contributed by atoms with Crippen LogP contribution in [0.25, 0.3) is 22.3 Å². The fourth-order valence-electron chi connectivity index (χ4n) is 1.83. The molecule has 6 nitrogen and oxygen atoms in total. The summed E-state index contributed by atoms with van der Waals surface area (Å²) in [6, 6.07) is 7.03. The Kier molecular flexibility index (Phi) is 2.26. The highest BCUT2D eigenvalue weighted by Crippen LogP contribution is 2.27. The van der Waals surface area contributed by atoms with Crippen LogP contribution in [-0.2, 0) is 0 Å². The fourth-order valence-corrected chi connectivity index (χ4v) is 1.83. The third-order valence-corrected chi connectivity index (χ3v) is 2.65. The van der Waals surface area contributed by atoms with E-state index in [4.69, 9.17) is 9.05 Å². The molecule has 0 saturated carbocycles. The van der Waals surface area contributed by atoms with Crippen LogP contribution in [0.3, 0.4) is 0 Å². The molecule has 0 saturated heterocycles. The Morgan fingerprint density at radius 1 is 0.722 bits per heavy atom. The summed E-state index contributed by atoms with van der Waals surface area (Å²) in [5.74, 6) is 0. The van der Waals surface area contributed by atoms with E-state index in [2.05, 4.69) is 10.3 Å². The molecular weight excluding hydrogens is 236 g/mol. The van der Waals surface area contributed by atoms with Gasteiger partial charge in [0.1, 0.15) is 12.5 Å². The average molecular weight is 244 g/mol. The summed E-state index contributed by atoms with van der Waals surface area (Å²) in [4.78, 5) is 23.1. The van der Waals surface area contributed by atoms with Crippen LogP contribution in [0.4, 0.5) is 0 Å². The van der Waals surface area contributed by atoms with E-state index in [1.807, 2.05) is 0 Å². The molecule has 2 N–H and O–H groups in total. The number of H-pyrrole nitrogens is 2. The molecule has 0 fully saturated rings. The smallest absolute Gasteiger partial charge is 0.287 e. The molecule has 0 spiro atoms. The van der Waals surface area contributed by atoms with Gasteiger partial charge in [-0.25, -0.2) is 0 Å². The van der Waals surface area contributed by atoms with Gasteiger partial charge < -0.3 is 9.05 Å². The molecule has 0 aliphatic heterocycles. The molecule has 6 heteroatoms. The Hall–Kier alpha value is -2.76. The zero-order chi connectivity index (χ0) is 12.5. The van der Waals surface area contributed by atoms with E-state index in [-0.39, 0.29) is 11.1 Å². The van der Waals surface area contributed by atoms with E-state index in [0.29, 0.717) is 22.3 Å².